The van der Waals surface area contributed by atoms with Crippen LogP contribution in [0.5, 0.6) is 5.75 Å². The topological polar surface area (TPSA) is 122 Å². The highest BCUT2D eigenvalue weighted by Crippen LogP contribution is 2.35. The molecule has 1 amide bonds. The van der Waals surface area contributed by atoms with Crippen LogP contribution in [0.3, 0.4) is 0 Å². The Balaban J connectivity index is 1.71. The summed E-state index contributed by atoms with van der Waals surface area (Å²) in [5.74, 6) is -0.149. The van der Waals surface area contributed by atoms with E-state index < -0.39 is 11.9 Å². The van der Waals surface area contributed by atoms with E-state index in [1.54, 1.807) is 20.8 Å². The molecule has 222 valence electrons. The van der Waals surface area contributed by atoms with Gasteiger partial charge in [-0.15, -0.1) is 21.5 Å². The number of nitrogens with zero attached hydrogens (tertiary/aromatic N) is 3. The van der Waals surface area contributed by atoms with Gasteiger partial charge < -0.3 is 24.1 Å². The fraction of sp³-hybridized carbons (Fsp3) is 0.483. The molecule has 1 N–H and O–H groups in total. The van der Waals surface area contributed by atoms with E-state index in [-0.39, 0.29) is 51.8 Å². The fourth-order valence-corrected chi connectivity index (χ4v) is 5.94. The molecule has 0 saturated heterocycles. The normalized spacial score (nSPS) is 12.1. The van der Waals surface area contributed by atoms with Crippen LogP contribution in [0.2, 0.25) is 0 Å². The van der Waals surface area contributed by atoms with Crippen molar-refractivity contribution in [2.75, 3.05) is 24.3 Å². The average Bonchev–Trinajstić information content (AvgIpc) is 3.47. The molecule has 12 heteroatoms. The molecule has 41 heavy (non-hydrogen) atoms. The van der Waals surface area contributed by atoms with Gasteiger partial charge in [0.2, 0.25) is 5.91 Å². The lowest BCUT2D eigenvalue weighted by Gasteiger charge is -2.20. The summed E-state index contributed by atoms with van der Waals surface area (Å²) in [4.78, 5) is 38.2. The second-order valence-electron chi connectivity index (χ2n) is 10.2. The van der Waals surface area contributed by atoms with Gasteiger partial charge in [-0.1, -0.05) is 44.7 Å². The molecule has 0 radical (unpaired) electrons. The van der Waals surface area contributed by atoms with Gasteiger partial charge in [-0.25, -0.2) is 9.59 Å². The SMILES string of the molecule is CCOC(=O)c1sc(NC(=O)CSc2nnc(C(C)Oc3ccc(C(C)(C)C)cc3)n2CC)c(C(=O)OCC)c1C. The van der Waals surface area contributed by atoms with Gasteiger partial charge in [-0.05, 0) is 63.3 Å². The zero-order chi connectivity index (χ0) is 30.3. The number of hydrogen-bond acceptors (Lipinski definition) is 10. The Morgan fingerprint density at radius 2 is 1.66 bits per heavy atom. The van der Waals surface area contributed by atoms with E-state index >= 15 is 0 Å². The summed E-state index contributed by atoms with van der Waals surface area (Å²) < 4.78 is 18.3. The Bertz CT molecular complexity index is 1380. The Hall–Kier alpha value is -3.38. The van der Waals surface area contributed by atoms with Crippen LogP contribution in [-0.2, 0) is 26.2 Å². The second-order valence-corrected chi connectivity index (χ2v) is 12.1. The lowest BCUT2D eigenvalue weighted by molar-refractivity contribution is -0.113. The maximum atomic E-state index is 12.9. The summed E-state index contributed by atoms with van der Waals surface area (Å²) in [6.45, 7) is 16.3. The molecule has 0 aliphatic rings. The van der Waals surface area contributed by atoms with Crippen LogP contribution in [0, 0.1) is 6.92 Å². The molecule has 2 aromatic heterocycles. The summed E-state index contributed by atoms with van der Waals surface area (Å²) in [5.41, 5.74) is 1.83. The third-order valence-electron chi connectivity index (χ3n) is 6.13. The fourth-order valence-electron chi connectivity index (χ4n) is 4.03. The minimum Gasteiger partial charge on any atom is -0.483 e. The Morgan fingerprint density at radius 3 is 2.24 bits per heavy atom. The smallest absolute Gasteiger partial charge is 0.348 e. The van der Waals surface area contributed by atoms with Crippen LogP contribution in [-0.4, -0.2) is 51.6 Å². The number of hydrogen-bond donors (Lipinski definition) is 1. The number of nitrogens with one attached hydrogen (secondary N) is 1. The van der Waals surface area contributed by atoms with E-state index in [1.807, 2.05) is 30.5 Å². The van der Waals surface area contributed by atoms with Gasteiger partial charge in [0, 0.05) is 6.54 Å². The van der Waals surface area contributed by atoms with E-state index in [0.717, 1.165) is 17.1 Å². The molecule has 0 spiro atoms. The largest absolute Gasteiger partial charge is 0.483 e. The number of esters is 2. The molecule has 3 aromatic rings. The second kappa shape index (κ2) is 14.0. The molecule has 10 nitrogen and oxygen atoms in total. The lowest BCUT2D eigenvalue weighted by atomic mass is 9.87. The van der Waals surface area contributed by atoms with Crippen LogP contribution < -0.4 is 10.1 Å². The number of carbonyl (C=O) groups is 3. The number of aromatic nitrogens is 3. The molecule has 3 rings (SSSR count). The minimum atomic E-state index is -0.614. The molecule has 1 unspecified atom stereocenters. The predicted molar refractivity (Wildman–Crippen MR) is 160 cm³/mol. The number of thiophene rings is 1. The molecule has 0 saturated carbocycles. The quantitative estimate of drug-likeness (QED) is 0.191. The predicted octanol–water partition coefficient (Wildman–Crippen LogP) is 6.19. The average molecular weight is 603 g/mol. The third kappa shape index (κ3) is 7.88. The molecular formula is C29H38N4O6S2. The van der Waals surface area contributed by atoms with Crippen molar-refractivity contribution in [3.63, 3.8) is 0 Å². The van der Waals surface area contributed by atoms with Gasteiger partial charge >= 0.3 is 11.9 Å². The first-order chi connectivity index (χ1) is 19.4. The summed E-state index contributed by atoms with van der Waals surface area (Å²) in [7, 11) is 0. The standard InChI is InChI=1S/C29H38N4O6S2/c1-9-33-24(18(5)39-20-14-12-19(13-15-20)29(6,7)8)31-32-28(33)40-16-21(34)30-25-22(26(35)37-10-2)17(4)23(41-25)27(36)38-11-3/h12-15,18H,9-11,16H2,1-8H3,(H,30,34). The maximum Gasteiger partial charge on any atom is 0.348 e. The first-order valence-corrected chi connectivity index (χ1v) is 15.3. The van der Waals surface area contributed by atoms with Crippen molar-refractivity contribution in [1.29, 1.82) is 0 Å². The number of anilines is 1. The lowest BCUT2D eigenvalue weighted by Crippen LogP contribution is -2.17. The van der Waals surface area contributed by atoms with E-state index in [4.69, 9.17) is 14.2 Å². The van der Waals surface area contributed by atoms with Crippen LogP contribution in [0.4, 0.5) is 5.00 Å². The highest BCUT2D eigenvalue weighted by molar-refractivity contribution is 7.99. The Kier molecular flexibility index (Phi) is 11.0. The number of carbonyl (C=O) groups excluding carboxylic acids is 3. The summed E-state index contributed by atoms with van der Waals surface area (Å²) in [5, 5.41) is 12.2. The van der Waals surface area contributed by atoms with Crippen molar-refractivity contribution in [3.8, 4) is 5.75 Å². The van der Waals surface area contributed by atoms with Gasteiger partial charge in [0.15, 0.2) is 17.1 Å². The Morgan fingerprint density at radius 1 is 1.02 bits per heavy atom. The number of rotatable bonds is 12. The first-order valence-electron chi connectivity index (χ1n) is 13.5. The monoisotopic (exact) mass is 602 g/mol. The first kappa shape index (κ1) is 32.1. The number of thioether (sulfide) groups is 1. The molecule has 0 bridgehead atoms. The van der Waals surface area contributed by atoms with Gasteiger partial charge in [-0.3, -0.25) is 4.79 Å². The van der Waals surface area contributed by atoms with Gasteiger partial charge in [0.25, 0.3) is 0 Å². The molecule has 2 heterocycles. The molecular weight excluding hydrogens is 564 g/mol. The maximum absolute atomic E-state index is 12.9. The van der Waals surface area contributed by atoms with Gasteiger partial charge in [0.1, 0.15) is 15.6 Å². The van der Waals surface area contributed by atoms with Crippen molar-refractivity contribution in [2.45, 2.75) is 78.6 Å². The summed E-state index contributed by atoms with van der Waals surface area (Å²) >= 11 is 2.21. The number of benzene rings is 1. The van der Waals surface area contributed by atoms with E-state index in [2.05, 4.69) is 48.4 Å². The van der Waals surface area contributed by atoms with Crippen LogP contribution in [0.1, 0.15) is 91.6 Å². The van der Waals surface area contributed by atoms with E-state index in [9.17, 15) is 14.4 Å². The summed E-state index contributed by atoms with van der Waals surface area (Å²) in [6.07, 6.45) is -0.367. The van der Waals surface area contributed by atoms with Crippen LogP contribution in [0.15, 0.2) is 29.4 Å². The zero-order valence-electron chi connectivity index (χ0n) is 24.8. The van der Waals surface area contributed by atoms with Crippen molar-refractivity contribution >= 4 is 45.9 Å². The van der Waals surface area contributed by atoms with Crippen molar-refractivity contribution < 1.29 is 28.6 Å². The molecule has 1 atom stereocenters. The summed E-state index contributed by atoms with van der Waals surface area (Å²) in [6, 6.07) is 8.02. The molecule has 1 aromatic carbocycles. The zero-order valence-corrected chi connectivity index (χ0v) is 26.5. The Labute approximate surface area is 249 Å². The highest BCUT2D eigenvalue weighted by Gasteiger charge is 2.28. The number of amides is 1. The van der Waals surface area contributed by atoms with Crippen LogP contribution >= 0.6 is 23.1 Å². The minimum absolute atomic E-state index is 0.00951. The van der Waals surface area contributed by atoms with Gasteiger partial charge in [0.05, 0.1) is 24.5 Å². The van der Waals surface area contributed by atoms with Crippen molar-refractivity contribution in [1.82, 2.24) is 14.8 Å². The number of ether oxygens (including phenoxy) is 3. The van der Waals surface area contributed by atoms with E-state index in [0.29, 0.717) is 23.1 Å². The van der Waals surface area contributed by atoms with Crippen LogP contribution in [0.25, 0.3) is 0 Å². The highest BCUT2D eigenvalue weighted by atomic mass is 32.2. The molecule has 0 aliphatic heterocycles. The van der Waals surface area contributed by atoms with Gasteiger partial charge in [-0.2, -0.15) is 0 Å². The molecule has 0 aliphatic carbocycles. The van der Waals surface area contributed by atoms with Crippen molar-refractivity contribution in [3.05, 3.63) is 51.7 Å². The van der Waals surface area contributed by atoms with Crippen molar-refractivity contribution in [2.24, 2.45) is 0 Å². The third-order valence-corrected chi connectivity index (χ3v) is 8.29. The molecule has 0 fully saturated rings. The van der Waals surface area contributed by atoms with E-state index in [1.165, 1.54) is 17.3 Å².